The molecule has 1 fully saturated rings. The molecule has 0 aromatic rings. The van der Waals surface area contributed by atoms with E-state index in [1.54, 1.807) is 0 Å². The van der Waals surface area contributed by atoms with Crippen LogP contribution < -0.4 is 10.6 Å². The SMILES string of the molecule is COC(=O)CCC(=O)OCC(C)(C)[C@H]1OC(=O)CCC(=O)CC(=O)SCCNC(=O)CCNC1=O. The molecule has 2 amide bonds. The summed E-state index contributed by atoms with van der Waals surface area (Å²) in [6.07, 6.45) is -2.79. The number of esters is 3. The zero-order chi connectivity index (χ0) is 26.4. The molecule has 1 saturated heterocycles. The largest absolute Gasteiger partial charge is 0.469 e. The third-order valence-electron chi connectivity index (χ3n) is 4.85. The minimum Gasteiger partial charge on any atom is -0.469 e. The fourth-order valence-corrected chi connectivity index (χ4v) is 3.55. The molecule has 1 aliphatic rings. The number of carbonyl (C=O) groups excluding carboxylic acids is 7. The van der Waals surface area contributed by atoms with Gasteiger partial charge < -0.3 is 24.8 Å². The Kier molecular flexibility index (Phi) is 13.0. The van der Waals surface area contributed by atoms with E-state index in [1.165, 1.54) is 21.0 Å². The van der Waals surface area contributed by atoms with Crippen molar-refractivity contribution in [1.29, 1.82) is 0 Å². The predicted molar refractivity (Wildman–Crippen MR) is 123 cm³/mol. The summed E-state index contributed by atoms with van der Waals surface area (Å²) < 4.78 is 15.0. The second kappa shape index (κ2) is 15.1. The van der Waals surface area contributed by atoms with Crippen molar-refractivity contribution in [2.24, 2.45) is 5.41 Å². The van der Waals surface area contributed by atoms with E-state index in [1.807, 2.05) is 0 Å². The summed E-state index contributed by atoms with van der Waals surface area (Å²) in [6, 6.07) is 0. The minimum atomic E-state index is -1.41. The van der Waals surface area contributed by atoms with Crippen molar-refractivity contribution in [2.75, 3.05) is 32.6 Å². The van der Waals surface area contributed by atoms with E-state index in [-0.39, 0.29) is 69.2 Å². The molecule has 1 heterocycles. The van der Waals surface area contributed by atoms with E-state index in [4.69, 9.17) is 9.47 Å². The van der Waals surface area contributed by atoms with Gasteiger partial charge in [0, 0.05) is 37.1 Å². The van der Waals surface area contributed by atoms with Crippen molar-refractivity contribution in [3.8, 4) is 0 Å². The molecule has 0 aromatic carbocycles. The number of Topliss-reactive ketones (excluding diaryl/α,β-unsaturated/α-hetero) is 1. The number of thioether (sulfide) groups is 1. The number of rotatable bonds is 6. The molecule has 12 nitrogen and oxygen atoms in total. The fourth-order valence-electron chi connectivity index (χ4n) is 2.86. The van der Waals surface area contributed by atoms with E-state index in [0.29, 0.717) is 5.75 Å². The molecule has 0 saturated carbocycles. The average Bonchev–Trinajstić information content (AvgIpc) is 2.80. The van der Waals surface area contributed by atoms with Crippen LogP contribution in [-0.4, -0.2) is 79.3 Å². The lowest BCUT2D eigenvalue weighted by molar-refractivity contribution is -0.169. The smallest absolute Gasteiger partial charge is 0.307 e. The molecule has 196 valence electrons. The van der Waals surface area contributed by atoms with Crippen molar-refractivity contribution >= 4 is 52.4 Å². The lowest BCUT2D eigenvalue weighted by Crippen LogP contribution is -2.49. The average molecular weight is 517 g/mol. The van der Waals surface area contributed by atoms with Gasteiger partial charge in [0.2, 0.25) is 5.91 Å². The van der Waals surface area contributed by atoms with Crippen molar-refractivity contribution in [1.82, 2.24) is 10.6 Å². The van der Waals surface area contributed by atoms with Crippen molar-refractivity contribution < 1.29 is 47.8 Å². The molecule has 35 heavy (non-hydrogen) atoms. The van der Waals surface area contributed by atoms with Crippen LogP contribution in [-0.2, 0) is 47.8 Å². The molecular formula is C22H32N2O10S. The molecule has 1 rings (SSSR count). The number of amides is 2. The Morgan fingerprint density at radius 3 is 2.37 bits per heavy atom. The normalized spacial score (nSPS) is 19.6. The van der Waals surface area contributed by atoms with Crippen LogP contribution in [0.25, 0.3) is 0 Å². The van der Waals surface area contributed by atoms with E-state index in [2.05, 4.69) is 15.4 Å². The van der Waals surface area contributed by atoms with Gasteiger partial charge in [0.1, 0.15) is 12.4 Å². The van der Waals surface area contributed by atoms with Gasteiger partial charge >= 0.3 is 17.9 Å². The van der Waals surface area contributed by atoms with Crippen LogP contribution in [0.2, 0.25) is 0 Å². The highest BCUT2D eigenvalue weighted by Crippen LogP contribution is 2.25. The van der Waals surface area contributed by atoms with E-state index < -0.39 is 41.1 Å². The summed E-state index contributed by atoms with van der Waals surface area (Å²) >= 11 is 0.914. The predicted octanol–water partition coefficient (Wildman–Crippen LogP) is 0.0561. The van der Waals surface area contributed by atoms with Gasteiger partial charge in [-0.05, 0) is 0 Å². The molecule has 13 heteroatoms. The van der Waals surface area contributed by atoms with Crippen LogP contribution in [0.4, 0.5) is 0 Å². The lowest BCUT2D eigenvalue weighted by atomic mass is 9.86. The van der Waals surface area contributed by atoms with Gasteiger partial charge in [0.05, 0.1) is 32.8 Å². The number of ether oxygens (including phenoxy) is 3. The molecule has 0 radical (unpaired) electrons. The Hall–Kier alpha value is -2.96. The van der Waals surface area contributed by atoms with Crippen molar-refractivity contribution in [3.05, 3.63) is 0 Å². The molecule has 1 atom stereocenters. The van der Waals surface area contributed by atoms with Gasteiger partial charge in [-0.3, -0.25) is 33.6 Å². The van der Waals surface area contributed by atoms with Crippen LogP contribution in [0.3, 0.4) is 0 Å². The summed E-state index contributed by atoms with van der Waals surface area (Å²) in [7, 11) is 1.19. The number of carbonyl (C=O) groups is 7. The zero-order valence-electron chi connectivity index (χ0n) is 20.1. The van der Waals surface area contributed by atoms with Gasteiger partial charge in [-0.1, -0.05) is 25.6 Å². The third kappa shape index (κ3) is 12.3. The Morgan fingerprint density at radius 2 is 1.69 bits per heavy atom. The molecule has 0 aliphatic carbocycles. The molecule has 0 unspecified atom stereocenters. The first-order chi connectivity index (χ1) is 16.4. The quantitative estimate of drug-likeness (QED) is 0.278. The van der Waals surface area contributed by atoms with E-state index in [0.717, 1.165) is 11.8 Å². The summed E-state index contributed by atoms with van der Waals surface area (Å²) in [5, 5.41) is 4.77. The van der Waals surface area contributed by atoms with E-state index >= 15 is 0 Å². The minimum absolute atomic E-state index is 0.0434. The molecular weight excluding hydrogens is 484 g/mol. The Labute approximate surface area is 207 Å². The molecule has 0 bridgehead atoms. The summed E-state index contributed by atoms with van der Waals surface area (Å²) in [5.74, 6) is -3.35. The number of ketones is 1. The molecule has 0 spiro atoms. The first kappa shape index (κ1) is 30.1. The van der Waals surface area contributed by atoms with Crippen LogP contribution in [0.5, 0.6) is 0 Å². The zero-order valence-corrected chi connectivity index (χ0v) is 21.0. The number of methoxy groups -OCH3 is 1. The molecule has 0 aromatic heterocycles. The maximum atomic E-state index is 12.8. The number of nitrogens with one attached hydrogen (secondary N) is 2. The topological polar surface area (TPSA) is 171 Å². The highest BCUT2D eigenvalue weighted by molar-refractivity contribution is 8.13. The van der Waals surface area contributed by atoms with Gasteiger partial charge in [-0.15, -0.1) is 0 Å². The standard InChI is InChI=1S/C22H32N2O10S/c1-22(2,13-33-17(28)7-6-16(27)32-3)20-21(31)24-9-8-15(26)23-10-11-35-19(30)12-14(25)4-5-18(29)34-20/h20H,4-13H2,1-3H3,(H,23,26)(H,24,31)/t20-/m0/s1. The third-order valence-corrected chi connectivity index (χ3v) is 5.73. The van der Waals surface area contributed by atoms with Crippen LogP contribution >= 0.6 is 11.8 Å². The lowest BCUT2D eigenvalue weighted by Gasteiger charge is -2.32. The highest BCUT2D eigenvalue weighted by Gasteiger charge is 2.40. The van der Waals surface area contributed by atoms with E-state index in [9.17, 15) is 33.6 Å². The number of hydrogen-bond acceptors (Lipinski definition) is 11. The van der Waals surface area contributed by atoms with Crippen LogP contribution in [0.1, 0.15) is 52.4 Å². The highest BCUT2D eigenvalue weighted by atomic mass is 32.2. The monoisotopic (exact) mass is 516 g/mol. The van der Waals surface area contributed by atoms with Crippen LogP contribution in [0, 0.1) is 5.41 Å². The maximum absolute atomic E-state index is 12.8. The van der Waals surface area contributed by atoms with Gasteiger partial charge in [-0.25, -0.2) is 0 Å². The Morgan fingerprint density at radius 1 is 1.00 bits per heavy atom. The number of cyclic esters (lactones) is 1. The van der Waals surface area contributed by atoms with Crippen molar-refractivity contribution in [2.45, 2.75) is 58.5 Å². The first-order valence-corrected chi connectivity index (χ1v) is 12.1. The second-order valence-electron chi connectivity index (χ2n) is 8.42. The maximum Gasteiger partial charge on any atom is 0.307 e. The van der Waals surface area contributed by atoms with Crippen LogP contribution in [0.15, 0.2) is 0 Å². The Bertz CT molecular complexity index is 827. The Balaban J connectivity index is 2.89. The molecule has 1 aliphatic heterocycles. The molecule has 2 N–H and O–H groups in total. The number of hydrogen-bond donors (Lipinski definition) is 2. The fraction of sp³-hybridized carbons (Fsp3) is 0.682. The second-order valence-corrected chi connectivity index (χ2v) is 9.57. The first-order valence-electron chi connectivity index (χ1n) is 11.1. The van der Waals surface area contributed by atoms with Crippen molar-refractivity contribution in [3.63, 3.8) is 0 Å². The van der Waals surface area contributed by atoms with Gasteiger partial charge in [0.15, 0.2) is 11.2 Å². The summed E-state index contributed by atoms with van der Waals surface area (Å²) in [4.78, 5) is 84.1. The van der Waals surface area contributed by atoms with Gasteiger partial charge in [-0.2, -0.15) is 0 Å². The van der Waals surface area contributed by atoms with Gasteiger partial charge in [0.25, 0.3) is 5.91 Å². The summed E-state index contributed by atoms with van der Waals surface area (Å²) in [5.41, 5.74) is -1.19. The summed E-state index contributed by atoms with van der Waals surface area (Å²) in [6.45, 7) is 2.93.